The van der Waals surface area contributed by atoms with E-state index >= 15 is 0 Å². The molecule has 0 spiro atoms. The standard InChI is InChI=1S/C9H9NO4/c11-9(12)6-14-8-3-1-7(2-4-8)5-10-13/h1-5,13H,6H2,(H,11,12). The summed E-state index contributed by atoms with van der Waals surface area (Å²) in [5, 5.41) is 19.4. The van der Waals surface area contributed by atoms with Gasteiger partial charge in [-0.25, -0.2) is 4.79 Å². The molecule has 0 heterocycles. The van der Waals surface area contributed by atoms with E-state index in [1.54, 1.807) is 24.3 Å². The van der Waals surface area contributed by atoms with Crippen molar-refractivity contribution in [1.29, 1.82) is 0 Å². The van der Waals surface area contributed by atoms with E-state index in [-0.39, 0.29) is 6.61 Å². The molecule has 1 aromatic carbocycles. The van der Waals surface area contributed by atoms with Crippen LogP contribution < -0.4 is 4.74 Å². The van der Waals surface area contributed by atoms with Gasteiger partial charge in [-0.15, -0.1) is 0 Å². The van der Waals surface area contributed by atoms with E-state index in [9.17, 15) is 4.79 Å². The summed E-state index contributed by atoms with van der Waals surface area (Å²) in [6.45, 7) is -0.368. The fourth-order valence-corrected chi connectivity index (χ4v) is 0.862. The minimum atomic E-state index is -1.02. The second-order valence-electron chi connectivity index (χ2n) is 2.50. The van der Waals surface area contributed by atoms with Crippen molar-refractivity contribution in [3.8, 4) is 5.75 Å². The van der Waals surface area contributed by atoms with E-state index in [0.29, 0.717) is 11.3 Å². The monoisotopic (exact) mass is 195 g/mol. The number of rotatable bonds is 4. The first-order valence-electron chi connectivity index (χ1n) is 3.84. The van der Waals surface area contributed by atoms with Crippen LogP contribution in [0, 0.1) is 0 Å². The van der Waals surface area contributed by atoms with Gasteiger partial charge in [0.05, 0.1) is 6.21 Å². The zero-order valence-electron chi connectivity index (χ0n) is 7.25. The Labute approximate surface area is 80.2 Å². The molecule has 0 unspecified atom stereocenters. The van der Waals surface area contributed by atoms with Crippen LogP contribution in [-0.2, 0) is 4.79 Å². The van der Waals surface area contributed by atoms with Crippen LogP contribution in [0.15, 0.2) is 29.4 Å². The van der Waals surface area contributed by atoms with Gasteiger partial charge in [0, 0.05) is 0 Å². The lowest BCUT2D eigenvalue weighted by molar-refractivity contribution is -0.139. The average molecular weight is 195 g/mol. The first-order valence-corrected chi connectivity index (χ1v) is 3.84. The molecule has 0 aliphatic carbocycles. The molecule has 74 valence electrons. The SMILES string of the molecule is O=C(O)COc1ccc(C=NO)cc1. The highest BCUT2D eigenvalue weighted by Crippen LogP contribution is 2.10. The lowest BCUT2D eigenvalue weighted by Crippen LogP contribution is -2.09. The Hall–Kier alpha value is -2.04. The topological polar surface area (TPSA) is 79.1 Å². The lowest BCUT2D eigenvalue weighted by Gasteiger charge is -2.02. The Morgan fingerprint density at radius 2 is 2.07 bits per heavy atom. The Morgan fingerprint density at radius 1 is 1.43 bits per heavy atom. The summed E-state index contributed by atoms with van der Waals surface area (Å²) in [7, 11) is 0. The quantitative estimate of drug-likeness (QED) is 0.426. The molecule has 0 aliphatic heterocycles. The van der Waals surface area contributed by atoms with Crippen molar-refractivity contribution in [2.75, 3.05) is 6.61 Å². The highest BCUT2D eigenvalue weighted by Gasteiger charge is 1.98. The van der Waals surface area contributed by atoms with Crippen molar-refractivity contribution >= 4 is 12.2 Å². The van der Waals surface area contributed by atoms with Crippen LogP contribution in [0.1, 0.15) is 5.56 Å². The highest BCUT2D eigenvalue weighted by molar-refractivity contribution is 5.79. The number of carboxylic acids is 1. The van der Waals surface area contributed by atoms with Crippen LogP contribution >= 0.6 is 0 Å². The molecule has 5 nitrogen and oxygen atoms in total. The molecule has 14 heavy (non-hydrogen) atoms. The summed E-state index contributed by atoms with van der Waals surface area (Å²) in [5.41, 5.74) is 0.704. The third kappa shape index (κ3) is 3.14. The molecule has 1 aromatic rings. The normalized spacial score (nSPS) is 10.3. The molecule has 2 N–H and O–H groups in total. The van der Waals surface area contributed by atoms with Gasteiger partial charge in [-0.3, -0.25) is 0 Å². The fraction of sp³-hybridized carbons (Fsp3) is 0.111. The minimum absolute atomic E-state index is 0.368. The molecule has 0 bridgehead atoms. The number of carbonyl (C=O) groups is 1. The van der Waals surface area contributed by atoms with E-state index in [0.717, 1.165) is 0 Å². The van der Waals surface area contributed by atoms with Crippen LogP contribution in [0.5, 0.6) is 5.75 Å². The minimum Gasteiger partial charge on any atom is -0.482 e. The summed E-state index contributed by atoms with van der Waals surface area (Å²) in [5.74, 6) is -0.562. The van der Waals surface area contributed by atoms with Crippen LogP contribution in [0.4, 0.5) is 0 Å². The lowest BCUT2D eigenvalue weighted by atomic mass is 10.2. The first-order chi connectivity index (χ1) is 6.72. The molecule has 0 saturated heterocycles. The van der Waals surface area contributed by atoms with Crippen LogP contribution in [0.25, 0.3) is 0 Å². The van der Waals surface area contributed by atoms with Gasteiger partial charge >= 0.3 is 5.97 Å². The van der Waals surface area contributed by atoms with Gasteiger partial charge in [0.2, 0.25) is 0 Å². The van der Waals surface area contributed by atoms with Crippen molar-refractivity contribution in [2.24, 2.45) is 5.16 Å². The zero-order valence-corrected chi connectivity index (χ0v) is 7.25. The van der Waals surface area contributed by atoms with Crippen molar-refractivity contribution in [3.63, 3.8) is 0 Å². The van der Waals surface area contributed by atoms with E-state index in [1.165, 1.54) is 6.21 Å². The summed E-state index contributed by atoms with van der Waals surface area (Å²) in [6.07, 6.45) is 1.26. The van der Waals surface area contributed by atoms with Gasteiger partial charge in [0.15, 0.2) is 6.61 Å². The zero-order chi connectivity index (χ0) is 10.4. The van der Waals surface area contributed by atoms with E-state index in [1.807, 2.05) is 0 Å². The van der Waals surface area contributed by atoms with Crippen molar-refractivity contribution in [1.82, 2.24) is 0 Å². The molecular formula is C9H9NO4. The molecule has 0 atom stereocenters. The van der Waals surface area contributed by atoms with E-state index in [4.69, 9.17) is 15.1 Å². The number of oxime groups is 1. The third-order valence-corrected chi connectivity index (χ3v) is 1.45. The number of hydrogen-bond acceptors (Lipinski definition) is 4. The molecular weight excluding hydrogens is 186 g/mol. The number of benzene rings is 1. The molecule has 0 radical (unpaired) electrons. The maximum absolute atomic E-state index is 10.2. The van der Waals surface area contributed by atoms with Gasteiger partial charge in [-0.1, -0.05) is 5.16 Å². The van der Waals surface area contributed by atoms with E-state index in [2.05, 4.69) is 5.16 Å². The second kappa shape index (κ2) is 4.86. The van der Waals surface area contributed by atoms with Crippen molar-refractivity contribution in [2.45, 2.75) is 0 Å². The summed E-state index contributed by atoms with van der Waals surface area (Å²) >= 11 is 0. The van der Waals surface area contributed by atoms with Gasteiger partial charge in [0.25, 0.3) is 0 Å². The van der Waals surface area contributed by atoms with Gasteiger partial charge in [0.1, 0.15) is 5.75 Å². The predicted molar refractivity (Wildman–Crippen MR) is 49.0 cm³/mol. The first kappa shape index (κ1) is 10.0. The molecule has 5 heteroatoms. The summed E-state index contributed by atoms with van der Waals surface area (Å²) < 4.78 is 4.89. The maximum atomic E-state index is 10.2. The smallest absolute Gasteiger partial charge is 0.341 e. The predicted octanol–water partition coefficient (Wildman–Crippen LogP) is 0.958. The molecule has 0 aliphatic rings. The highest BCUT2D eigenvalue weighted by atomic mass is 16.5. The fourth-order valence-electron chi connectivity index (χ4n) is 0.862. The van der Waals surface area contributed by atoms with Crippen molar-refractivity contribution in [3.05, 3.63) is 29.8 Å². The average Bonchev–Trinajstić information content (AvgIpc) is 2.17. The van der Waals surface area contributed by atoms with Crippen LogP contribution in [-0.4, -0.2) is 29.1 Å². The van der Waals surface area contributed by atoms with Crippen LogP contribution in [0.3, 0.4) is 0 Å². The van der Waals surface area contributed by atoms with Crippen molar-refractivity contribution < 1.29 is 19.8 Å². The number of ether oxygens (including phenoxy) is 1. The Kier molecular flexibility index (Phi) is 3.49. The largest absolute Gasteiger partial charge is 0.482 e. The number of carboxylic acid groups (broad SMARTS) is 1. The molecule has 0 aromatic heterocycles. The maximum Gasteiger partial charge on any atom is 0.341 e. The molecule has 0 amide bonds. The molecule has 0 fully saturated rings. The number of nitrogens with zero attached hydrogens (tertiary/aromatic N) is 1. The summed E-state index contributed by atoms with van der Waals surface area (Å²) in [4.78, 5) is 10.2. The molecule has 0 saturated carbocycles. The number of hydrogen-bond donors (Lipinski definition) is 2. The van der Waals surface area contributed by atoms with E-state index < -0.39 is 5.97 Å². The third-order valence-electron chi connectivity index (χ3n) is 1.45. The Morgan fingerprint density at radius 3 is 2.57 bits per heavy atom. The molecule has 1 rings (SSSR count). The van der Waals surface area contributed by atoms with Gasteiger partial charge in [-0.05, 0) is 29.8 Å². The number of aliphatic carboxylic acids is 1. The summed E-state index contributed by atoms with van der Waals surface area (Å²) in [6, 6.07) is 6.49. The Balaban J connectivity index is 2.59. The second-order valence-corrected chi connectivity index (χ2v) is 2.50. The van der Waals surface area contributed by atoms with Gasteiger partial charge in [-0.2, -0.15) is 0 Å². The van der Waals surface area contributed by atoms with Gasteiger partial charge < -0.3 is 15.1 Å². The Bertz CT molecular complexity index is 331. The van der Waals surface area contributed by atoms with Crippen LogP contribution in [0.2, 0.25) is 0 Å².